The van der Waals surface area contributed by atoms with Crippen molar-refractivity contribution in [1.82, 2.24) is 0 Å². The van der Waals surface area contributed by atoms with Crippen LogP contribution in [-0.4, -0.2) is 7.11 Å². The first-order valence-corrected chi connectivity index (χ1v) is 1.74. The number of hydrogen-bond donors (Lipinski definition) is 0. The molecular weight excluding hydrogens is 102 g/mol. The van der Waals surface area contributed by atoms with Crippen molar-refractivity contribution in [3.63, 3.8) is 0 Å². The number of methoxy groups -OCH3 is 1. The topological polar surface area (TPSA) is 9.23 Å². The highest BCUT2D eigenvalue weighted by Crippen LogP contribution is 2.05. The molecule has 0 fully saturated rings. The molecule has 0 aliphatic carbocycles. The predicted octanol–water partition coefficient (Wildman–Crippen LogP) is 1.76. The standard InChI is InChI=1S/C4H6F2O/c1-3(5)4(6)7-2/h1-2H3/b4-3+. The summed E-state index contributed by atoms with van der Waals surface area (Å²) in [5.74, 6) is -0.928. The van der Waals surface area contributed by atoms with E-state index in [-0.39, 0.29) is 0 Å². The van der Waals surface area contributed by atoms with E-state index in [0.29, 0.717) is 0 Å². The van der Waals surface area contributed by atoms with Crippen LogP contribution >= 0.6 is 0 Å². The van der Waals surface area contributed by atoms with Gasteiger partial charge in [-0.05, 0) is 6.92 Å². The zero-order valence-corrected chi connectivity index (χ0v) is 4.16. The van der Waals surface area contributed by atoms with Crippen molar-refractivity contribution >= 4 is 0 Å². The van der Waals surface area contributed by atoms with Gasteiger partial charge in [-0.2, -0.15) is 4.39 Å². The minimum atomic E-state index is -1.15. The molecule has 3 heteroatoms. The Morgan fingerprint density at radius 1 is 1.43 bits per heavy atom. The summed E-state index contributed by atoms with van der Waals surface area (Å²) in [4.78, 5) is 0. The summed E-state index contributed by atoms with van der Waals surface area (Å²) in [5, 5.41) is 0. The molecule has 0 saturated carbocycles. The minimum Gasteiger partial charge on any atom is -0.472 e. The molecule has 0 atom stereocenters. The maximum atomic E-state index is 11.5. The van der Waals surface area contributed by atoms with Crippen molar-refractivity contribution < 1.29 is 13.5 Å². The van der Waals surface area contributed by atoms with Gasteiger partial charge in [-0.3, -0.25) is 0 Å². The molecule has 1 nitrogen and oxygen atoms in total. The van der Waals surface area contributed by atoms with Crippen molar-refractivity contribution in [3.05, 3.63) is 11.8 Å². The lowest BCUT2D eigenvalue weighted by Crippen LogP contribution is -1.77. The van der Waals surface area contributed by atoms with Gasteiger partial charge in [0, 0.05) is 0 Å². The molecule has 0 rings (SSSR count). The Labute approximate surface area is 40.6 Å². The molecule has 0 aromatic rings. The van der Waals surface area contributed by atoms with Crippen LogP contribution < -0.4 is 0 Å². The number of rotatable bonds is 1. The fourth-order valence-electron chi connectivity index (χ4n) is 0.141. The highest BCUT2D eigenvalue weighted by molar-refractivity contribution is 4.86. The average molecular weight is 108 g/mol. The summed E-state index contributed by atoms with van der Waals surface area (Å²) >= 11 is 0. The molecule has 0 amide bonds. The molecule has 0 saturated heterocycles. The van der Waals surface area contributed by atoms with E-state index in [0.717, 1.165) is 14.0 Å². The average Bonchev–Trinajstić information content (AvgIpc) is 1.65. The van der Waals surface area contributed by atoms with Crippen LogP contribution in [0.15, 0.2) is 11.8 Å². The van der Waals surface area contributed by atoms with Crippen LogP contribution in [0, 0.1) is 0 Å². The van der Waals surface area contributed by atoms with E-state index in [1.165, 1.54) is 0 Å². The van der Waals surface area contributed by atoms with Crippen LogP contribution in [0.1, 0.15) is 6.92 Å². The summed E-state index contributed by atoms with van der Waals surface area (Å²) in [7, 11) is 1.07. The molecule has 0 aliphatic heterocycles. The van der Waals surface area contributed by atoms with E-state index in [2.05, 4.69) is 4.74 Å². The Kier molecular flexibility index (Phi) is 2.33. The highest BCUT2D eigenvalue weighted by Gasteiger charge is 1.94. The first-order chi connectivity index (χ1) is 3.18. The van der Waals surface area contributed by atoms with E-state index in [4.69, 9.17) is 0 Å². The number of hydrogen-bond acceptors (Lipinski definition) is 1. The van der Waals surface area contributed by atoms with Crippen molar-refractivity contribution in [2.75, 3.05) is 7.11 Å². The Bertz CT molecular complexity index is 83.7. The van der Waals surface area contributed by atoms with Gasteiger partial charge < -0.3 is 4.74 Å². The van der Waals surface area contributed by atoms with E-state index in [9.17, 15) is 8.78 Å². The van der Waals surface area contributed by atoms with Crippen molar-refractivity contribution in [2.45, 2.75) is 6.92 Å². The molecule has 0 aromatic heterocycles. The Balaban J connectivity index is 3.72. The third-order valence-corrected chi connectivity index (χ3v) is 0.450. The molecular formula is C4H6F2O. The second-order valence-electron chi connectivity index (χ2n) is 1.01. The molecule has 0 aromatic carbocycles. The number of halogens is 2. The molecule has 0 spiro atoms. The molecule has 0 unspecified atom stereocenters. The van der Waals surface area contributed by atoms with Crippen LogP contribution in [0.2, 0.25) is 0 Å². The summed E-state index contributed by atoms with van der Waals surface area (Å²) in [6.07, 6.45) is 0. The largest absolute Gasteiger partial charge is 0.472 e. The van der Waals surface area contributed by atoms with Crippen LogP contribution in [0.3, 0.4) is 0 Å². The fourth-order valence-corrected chi connectivity index (χ4v) is 0.141. The monoisotopic (exact) mass is 108 g/mol. The normalized spacial score (nSPS) is 13.1. The fraction of sp³-hybridized carbons (Fsp3) is 0.500. The van der Waals surface area contributed by atoms with Gasteiger partial charge in [-0.1, -0.05) is 0 Å². The van der Waals surface area contributed by atoms with Gasteiger partial charge in [-0.15, -0.1) is 0 Å². The van der Waals surface area contributed by atoms with Crippen molar-refractivity contribution in [3.8, 4) is 0 Å². The van der Waals surface area contributed by atoms with E-state index < -0.39 is 11.8 Å². The van der Waals surface area contributed by atoms with Crippen LogP contribution in [0.25, 0.3) is 0 Å². The zero-order valence-electron chi connectivity index (χ0n) is 4.16. The molecule has 0 N–H and O–H groups in total. The Morgan fingerprint density at radius 2 is 1.86 bits per heavy atom. The van der Waals surface area contributed by atoms with E-state index in [1.807, 2.05) is 0 Å². The SMILES string of the molecule is CO/C(F)=C(\C)F. The molecule has 42 valence electrons. The summed E-state index contributed by atoms with van der Waals surface area (Å²) in [6.45, 7) is 0.985. The molecule has 0 bridgehead atoms. The molecule has 0 heterocycles. The summed E-state index contributed by atoms with van der Waals surface area (Å²) in [6, 6.07) is -1.15. The first-order valence-electron chi connectivity index (χ1n) is 1.74. The Hall–Kier alpha value is -0.600. The van der Waals surface area contributed by atoms with Crippen LogP contribution in [0.4, 0.5) is 8.78 Å². The second-order valence-corrected chi connectivity index (χ2v) is 1.01. The maximum Gasteiger partial charge on any atom is 0.304 e. The van der Waals surface area contributed by atoms with E-state index >= 15 is 0 Å². The van der Waals surface area contributed by atoms with Gasteiger partial charge in [0.15, 0.2) is 5.83 Å². The number of ether oxygens (including phenoxy) is 1. The third kappa shape index (κ3) is 2.14. The van der Waals surface area contributed by atoms with Gasteiger partial charge >= 0.3 is 6.01 Å². The van der Waals surface area contributed by atoms with Gasteiger partial charge in [0.1, 0.15) is 0 Å². The number of allylic oxidation sites excluding steroid dienone is 1. The summed E-state index contributed by atoms with van der Waals surface area (Å²) in [5.41, 5.74) is 0. The van der Waals surface area contributed by atoms with Gasteiger partial charge in [0.2, 0.25) is 0 Å². The van der Waals surface area contributed by atoms with Gasteiger partial charge in [0.05, 0.1) is 7.11 Å². The van der Waals surface area contributed by atoms with Gasteiger partial charge in [0.25, 0.3) is 0 Å². The first kappa shape index (κ1) is 6.40. The van der Waals surface area contributed by atoms with Gasteiger partial charge in [-0.25, -0.2) is 4.39 Å². The lowest BCUT2D eigenvalue weighted by atomic mass is 10.7. The lowest BCUT2D eigenvalue weighted by Gasteiger charge is -1.89. The lowest BCUT2D eigenvalue weighted by molar-refractivity contribution is 0.187. The molecule has 7 heavy (non-hydrogen) atoms. The molecule has 0 radical (unpaired) electrons. The predicted molar refractivity (Wildman–Crippen MR) is 21.9 cm³/mol. The second kappa shape index (κ2) is 2.55. The Morgan fingerprint density at radius 3 is 1.86 bits per heavy atom. The quantitative estimate of drug-likeness (QED) is 0.465. The minimum absolute atomic E-state index is 0.928. The zero-order chi connectivity index (χ0) is 5.86. The maximum absolute atomic E-state index is 11.5. The van der Waals surface area contributed by atoms with Crippen LogP contribution in [0.5, 0.6) is 0 Å². The summed E-state index contributed by atoms with van der Waals surface area (Å²) < 4.78 is 26.9. The smallest absolute Gasteiger partial charge is 0.304 e. The van der Waals surface area contributed by atoms with Crippen molar-refractivity contribution in [2.24, 2.45) is 0 Å². The van der Waals surface area contributed by atoms with E-state index in [1.54, 1.807) is 0 Å². The van der Waals surface area contributed by atoms with Crippen molar-refractivity contribution in [1.29, 1.82) is 0 Å². The highest BCUT2D eigenvalue weighted by atomic mass is 19.2. The third-order valence-electron chi connectivity index (χ3n) is 0.450. The molecule has 0 aliphatic rings. The van der Waals surface area contributed by atoms with Crippen LogP contribution in [-0.2, 0) is 4.74 Å².